The number of hydrogen-bond donors (Lipinski definition) is 1. The number of carbonyl (C=O) groups is 1. The van der Waals surface area contributed by atoms with E-state index >= 15 is 0 Å². The molecule has 0 fully saturated rings. The number of ether oxygens (including phenoxy) is 1. The van der Waals surface area contributed by atoms with Crippen LogP contribution in [0.5, 0.6) is 5.75 Å². The van der Waals surface area contributed by atoms with Crippen molar-refractivity contribution in [1.82, 2.24) is 9.78 Å². The first-order valence-electron chi connectivity index (χ1n) is 8.80. The van der Waals surface area contributed by atoms with Crippen LogP contribution in [0.4, 0.5) is 5.69 Å². The molecular weight excluding hydrogens is 362 g/mol. The third kappa shape index (κ3) is 4.49. The van der Waals surface area contributed by atoms with E-state index in [1.54, 1.807) is 23.7 Å². The molecule has 0 unspecified atom stereocenters. The maximum absolute atomic E-state index is 12.7. The van der Waals surface area contributed by atoms with Crippen molar-refractivity contribution in [2.24, 2.45) is 0 Å². The summed E-state index contributed by atoms with van der Waals surface area (Å²) < 4.78 is 7.06. The summed E-state index contributed by atoms with van der Waals surface area (Å²) in [5, 5.41) is 7.62. The summed E-state index contributed by atoms with van der Waals surface area (Å²) in [5.41, 5.74) is 3.92. The van der Waals surface area contributed by atoms with E-state index in [1.807, 2.05) is 50.2 Å². The van der Waals surface area contributed by atoms with E-state index in [4.69, 9.17) is 16.3 Å². The van der Waals surface area contributed by atoms with E-state index in [0.717, 1.165) is 11.3 Å². The standard InChI is InChI=1S/C21H22ClN3O2/c1-4-27-18-11-9-17(10-12-18)23-21(26)19-15(3)24-25(20(19)22)13-16-7-5-14(2)6-8-16/h5-12H,4,13H2,1-3H3,(H,23,26). The van der Waals surface area contributed by atoms with Gasteiger partial charge in [-0.3, -0.25) is 4.79 Å². The predicted molar refractivity (Wildman–Crippen MR) is 108 cm³/mol. The molecule has 6 heteroatoms. The molecule has 3 rings (SSSR count). The Labute approximate surface area is 163 Å². The van der Waals surface area contributed by atoms with Crippen molar-refractivity contribution in [3.63, 3.8) is 0 Å². The number of hydrogen-bond acceptors (Lipinski definition) is 3. The Morgan fingerprint density at radius 2 is 1.78 bits per heavy atom. The summed E-state index contributed by atoms with van der Waals surface area (Å²) in [6.07, 6.45) is 0. The van der Waals surface area contributed by atoms with Crippen molar-refractivity contribution >= 4 is 23.2 Å². The van der Waals surface area contributed by atoms with E-state index in [9.17, 15) is 4.79 Å². The molecule has 0 bridgehead atoms. The first-order valence-corrected chi connectivity index (χ1v) is 9.18. The van der Waals surface area contributed by atoms with Gasteiger partial charge < -0.3 is 10.1 Å². The Hall–Kier alpha value is -2.79. The van der Waals surface area contributed by atoms with Crippen LogP contribution in [-0.2, 0) is 6.54 Å². The van der Waals surface area contributed by atoms with E-state index in [1.165, 1.54) is 5.56 Å². The van der Waals surface area contributed by atoms with Crippen molar-refractivity contribution < 1.29 is 9.53 Å². The largest absolute Gasteiger partial charge is 0.494 e. The molecule has 0 radical (unpaired) electrons. The summed E-state index contributed by atoms with van der Waals surface area (Å²) in [7, 11) is 0. The third-order valence-corrected chi connectivity index (χ3v) is 4.55. The molecular formula is C21H22ClN3O2. The lowest BCUT2D eigenvalue weighted by Crippen LogP contribution is -2.13. The van der Waals surface area contributed by atoms with E-state index in [0.29, 0.717) is 35.2 Å². The van der Waals surface area contributed by atoms with Crippen molar-refractivity contribution in [3.8, 4) is 5.75 Å². The van der Waals surface area contributed by atoms with Gasteiger partial charge in [-0.1, -0.05) is 41.4 Å². The molecule has 140 valence electrons. The second-order valence-corrected chi connectivity index (χ2v) is 6.66. The van der Waals surface area contributed by atoms with Crippen molar-refractivity contribution in [1.29, 1.82) is 0 Å². The van der Waals surface area contributed by atoms with Crippen LogP contribution in [0.2, 0.25) is 5.15 Å². The molecule has 0 aliphatic heterocycles. The summed E-state index contributed by atoms with van der Waals surface area (Å²) >= 11 is 6.46. The highest BCUT2D eigenvalue weighted by Crippen LogP contribution is 2.23. The number of nitrogens with one attached hydrogen (secondary N) is 1. The van der Waals surface area contributed by atoms with Crippen LogP contribution in [0.15, 0.2) is 48.5 Å². The molecule has 1 heterocycles. The van der Waals surface area contributed by atoms with Crippen LogP contribution in [-0.4, -0.2) is 22.3 Å². The van der Waals surface area contributed by atoms with Gasteiger partial charge in [-0.15, -0.1) is 0 Å². The average molecular weight is 384 g/mol. The highest BCUT2D eigenvalue weighted by atomic mass is 35.5. The number of benzene rings is 2. The highest BCUT2D eigenvalue weighted by molar-refractivity contribution is 6.33. The lowest BCUT2D eigenvalue weighted by molar-refractivity contribution is 0.102. The number of nitrogens with zero attached hydrogens (tertiary/aromatic N) is 2. The molecule has 27 heavy (non-hydrogen) atoms. The number of aryl methyl sites for hydroxylation is 2. The Balaban J connectivity index is 1.76. The van der Waals surface area contributed by atoms with Gasteiger partial charge in [-0.25, -0.2) is 4.68 Å². The zero-order valence-corrected chi connectivity index (χ0v) is 16.4. The minimum Gasteiger partial charge on any atom is -0.494 e. The number of aromatic nitrogens is 2. The Bertz CT molecular complexity index is 931. The second-order valence-electron chi connectivity index (χ2n) is 6.31. The highest BCUT2D eigenvalue weighted by Gasteiger charge is 2.20. The topological polar surface area (TPSA) is 56.1 Å². The van der Waals surface area contributed by atoms with Crippen LogP contribution in [0, 0.1) is 13.8 Å². The van der Waals surface area contributed by atoms with Crippen LogP contribution < -0.4 is 10.1 Å². The quantitative estimate of drug-likeness (QED) is 0.661. The maximum Gasteiger partial charge on any atom is 0.260 e. The zero-order valence-electron chi connectivity index (χ0n) is 15.6. The van der Waals surface area contributed by atoms with Gasteiger partial charge in [-0.2, -0.15) is 5.10 Å². The molecule has 5 nitrogen and oxygen atoms in total. The lowest BCUT2D eigenvalue weighted by Gasteiger charge is -2.07. The lowest BCUT2D eigenvalue weighted by atomic mass is 10.1. The molecule has 0 saturated carbocycles. The van der Waals surface area contributed by atoms with Crippen LogP contribution in [0.1, 0.15) is 34.1 Å². The van der Waals surface area contributed by atoms with E-state index < -0.39 is 0 Å². The first-order chi connectivity index (χ1) is 13.0. The number of halogens is 1. The van der Waals surface area contributed by atoms with E-state index in [2.05, 4.69) is 10.4 Å². The number of anilines is 1. The van der Waals surface area contributed by atoms with Gasteiger partial charge >= 0.3 is 0 Å². The normalized spacial score (nSPS) is 10.7. The van der Waals surface area contributed by atoms with Crippen molar-refractivity contribution in [2.45, 2.75) is 27.3 Å². The molecule has 0 spiro atoms. The fourth-order valence-corrected chi connectivity index (χ4v) is 3.10. The summed E-state index contributed by atoms with van der Waals surface area (Å²) in [6.45, 7) is 6.86. The van der Waals surface area contributed by atoms with Crippen molar-refractivity contribution in [2.75, 3.05) is 11.9 Å². The van der Waals surface area contributed by atoms with Crippen LogP contribution in [0.25, 0.3) is 0 Å². The second kappa shape index (κ2) is 8.27. The van der Waals surface area contributed by atoms with Crippen LogP contribution in [0.3, 0.4) is 0 Å². The summed E-state index contributed by atoms with van der Waals surface area (Å²) in [4.78, 5) is 12.7. The molecule has 1 aromatic heterocycles. The Kier molecular flexibility index (Phi) is 5.81. The summed E-state index contributed by atoms with van der Waals surface area (Å²) in [5.74, 6) is 0.479. The fourth-order valence-electron chi connectivity index (χ4n) is 2.78. The number of carbonyl (C=O) groups excluding carboxylic acids is 1. The SMILES string of the molecule is CCOc1ccc(NC(=O)c2c(C)nn(Cc3ccc(C)cc3)c2Cl)cc1. The van der Waals surface area contributed by atoms with Gasteiger partial charge in [0.25, 0.3) is 5.91 Å². The molecule has 3 aromatic rings. The summed E-state index contributed by atoms with van der Waals surface area (Å²) in [6, 6.07) is 15.4. The van der Waals surface area contributed by atoms with Crippen molar-refractivity contribution in [3.05, 3.63) is 76.1 Å². The van der Waals surface area contributed by atoms with Gasteiger partial charge in [-0.05, 0) is 50.6 Å². The third-order valence-electron chi connectivity index (χ3n) is 4.17. The van der Waals surface area contributed by atoms with Gasteiger partial charge in [0.2, 0.25) is 0 Å². The molecule has 2 aromatic carbocycles. The molecule has 0 atom stereocenters. The Morgan fingerprint density at radius 1 is 1.11 bits per heavy atom. The monoisotopic (exact) mass is 383 g/mol. The average Bonchev–Trinajstić information content (AvgIpc) is 2.92. The minimum absolute atomic E-state index is 0.281. The Morgan fingerprint density at radius 3 is 2.41 bits per heavy atom. The maximum atomic E-state index is 12.7. The molecule has 0 aliphatic carbocycles. The number of amides is 1. The van der Waals surface area contributed by atoms with Gasteiger partial charge in [0.1, 0.15) is 10.9 Å². The first kappa shape index (κ1) is 19.0. The van der Waals surface area contributed by atoms with Crippen LogP contribution >= 0.6 is 11.6 Å². The fraction of sp³-hybridized carbons (Fsp3) is 0.238. The molecule has 1 amide bonds. The smallest absolute Gasteiger partial charge is 0.260 e. The number of rotatable bonds is 6. The minimum atomic E-state index is -0.281. The molecule has 1 N–H and O–H groups in total. The predicted octanol–water partition coefficient (Wildman–Crippen LogP) is 4.85. The van der Waals surface area contributed by atoms with Gasteiger partial charge in [0, 0.05) is 5.69 Å². The molecule has 0 saturated heterocycles. The van der Waals surface area contributed by atoms with E-state index in [-0.39, 0.29) is 5.91 Å². The van der Waals surface area contributed by atoms with Gasteiger partial charge in [0.05, 0.1) is 24.4 Å². The zero-order chi connectivity index (χ0) is 19.4. The molecule has 0 aliphatic rings. The van der Waals surface area contributed by atoms with Gasteiger partial charge in [0.15, 0.2) is 0 Å².